The molecule has 206 valence electrons. The fourth-order valence-corrected chi connectivity index (χ4v) is 4.74. The number of halogens is 6. The molecule has 0 amide bonds. The largest absolute Gasteiger partial charge is 0.490 e. The number of nitrogens with zero attached hydrogens (tertiary/aromatic N) is 3. The van der Waals surface area contributed by atoms with Gasteiger partial charge in [-0.15, -0.1) is 0 Å². The lowest BCUT2D eigenvalue weighted by Gasteiger charge is -2.45. The number of carboxylic acids is 2. The predicted octanol–water partition coefficient (Wildman–Crippen LogP) is 4.08. The molecule has 2 aliphatic heterocycles. The molecule has 1 aliphatic carbocycles. The summed E-state index contributed by atoms with van der Waals surface area (Å²) in [4.78, 5) is 26.1. The van der Waals surface area contributed by atoms with Crippen molar-refractivity contribution in [1.29, 1.82) is 0 Å². The molecule has 3 aliphatic rings. The normalized spacial score (nSPS) is 21.9. The average molecular weight is 522 g/mol. The minimum Gasteiger partial charge on any atom is -0.475 e. The van der Waals surface area contributed by atoms with Gasteiger partial charge >= 0.3 is 24.3 Å². The lowest BCUT2D eigenvalue weighted by Crippen LogP contribution is -2.55. The van der Waals surface area contributed by atoms with Crippen molar-refractivity contribution in [3.05, 3.63) is 0 Å². The van der Waals surface area contributed by atoms with Gasteiger partial charge in [-0.05, 0) is 51.7 Å². The molecule has 1 saturated carbocycles. The quantitative estimate of drug-likeness (QED) is 0.540. The molecule has 0 atom stereocenters. The van der Waals surface area contributed by atoms with Crippen LogP contribution in [-0.4, -0.2) is 107 Å². The van der Waals surface area contributed by atoms with Crippen molar-refractivity contribution in [1.82, 2.24) is 14.7 Å². The number of aliphatic carboxylic acids is 2. The van der Waals surface area contributed by atoms with Crippen molar-refractivity contribution >= 4 is 11.9 Å². The van der Waals surface area contributed by atoms with Crippen LogP contribution >= 0.6 is 0 Å². The van der Waals surface area contributed by atoms with Gasteiger partial charge in [0.25, 0.3) is 0 Å². The summed E-state index contributed by atoms with van der Waals surface area (Å²) in [5.74, 6) is -5.51. The molecule has 35 heavy (non-hydrogen) atoms. The van der Waals surface area contributed by atoms with Crippen LogP contribution in [0.2, 0.25) is 0 Å². The van der Waals surface area contributed by atoms with E-state index in [9.17, 15) is 26.3 Å². The van der Waals surface area contributed by atoms with Crippen LogP contribution in [0.3, 0.4) is 0 Å². The van der Waals surface area contributed by atoms with Crippen molar-refractivity contribution in [2.45, 2.75) is 82.7 Å². The van der Waals surface area contributed by atoms with E-state index in [-0.39, 0.29) is 0 Å². The first-order chi connectivity index (χ1) is 16.3. The van der Waals surface area contributed by atoms with Gasteiger partial charge in [-0.3, -0.25) is 9.80 Å². The summed E-state index contributed by atoms with van der Waals surface area (Å²) in [6.45, 7) is 11.6. The van der Waals surface area contributed by atoms with Gasteiger partial charge in [0.1, 0.15) is 0 Å². The van der Waals surface area contributed by atoms with Crippen LogP contribution in [0.1, 0.15) is 58.3 Å². The zero-order valence-electron chi connectivity index (χ0n) is 20.1. The van der Waals surface area contributed by atoms with Gasteiger partial charge in [0.05, 0.1) is 0 Å². The zero-order chi connectivity index (χ0) is 26.6. The van der Waals surface area contributed by atoms with Gasteiger partial charge in [-0.1, -0.05) is 26.2 Å². The Morgan fingerprint density at radius 2 is 1.03 bits per heavy atom. The molecule has 0 aromatic carbocycles. The van der Waals surface area contributed by atoms with Crippen molar-refractivity contribution in [2.75, 3.05) is 45.8 Å². The SMILES string of the molecule is CCCN1CCC(N2CCN(C3CCCCC3)CC2)CC1.O=C(O)C(F)(F)F.O=C(O)C(F)(F)F. The molecule has 2 saturated heterocycles. The molecule has 0 radical (unpaired) electrons. The summed E-state index contributed by atoms with van der Waals surface area (Å²) in [6.07, 6.45) is 1.32. The molecule has 0 bridgehead atoms. The van der Waals surface area contributed by atoms with Crippen LogP contribution in [0.5, 0.6) is 0 Å². The highest BCUT2D eigenvalue weighted by Gasteiger charge is 2.39. The minimum atomic E-state index is -5.08. The van der Waals surface area contributed by atoms with Crippen LogP contribution in [0.25, 0.3) is 0 Å². The van der Waals surface area contributed by atoms with Crippen LogP contribution in [0.4, 0.5) is 26.3 Å². The van der Waals surface area contributed by atoms with Crippen LogP contribution in [0.15, 0.2) is 0 Å². The zero-order valence-corrected chi connectivity index (χ0v) is 20.1. The van der Waals surface area contributed by atoms with Crippen LogP contribution in [-0.2, 0) is 9.59 Å². The Bertz CT molecular complexity index is 602. The molecular weight excluding hydrogens is 484 g/mol. The molecule has 0 unspecified atom stereocenters. The third kappa shape index (κ3) is 12.3. The van der Waals surface area contributed by atoms with Gasteiger partial charge in [0.2, 0.25) is 0 Å². The minimum absolute atomic E-state index is 0.881. The third-order valence-corrected chi connectivity index (χ3v) is 6.54. The topological polar surface area (TPSA) is 84.3 Å². The van der Waals surface area contributed by atoms with Crippen molar-refractivity contribution in [3.63, 3.8) is 0 Å². The Morgan fingerprint density at radius 1 is 0.686 bits per heavy atom. The first-order valence-corrected chi connectivity index (χ1v) is 12.1. The fraction of sp³-hybridized carbons (Fsp3) is 0.909. The molecule has 13 heteroatoms. The van der Waals surface area contributed by atoms with Crippen LogP contribution in [0, 0.1) is 0 Å². The second-order valence-corrected chi connectivity index (χ2v) is 9.04. The van der Waals surface area contributed by atoms with E-state index in [1.807, 2.05) is 0 Å². The van der Waals surface area contributed by atoms with E-state index in [1.165, 1.54) is 97.2 Å². The molecule has 2 N–H and O–H groups in total. The number of rotatable bonds is 4. The van der Waals surface area contributed by atoms with Gasteiger partial charge in [0, 0.05) is 38.3 Å². The maximum absolute atomic E-state index is 10.6. The monoisotopic (exact) mass is 521 g/mol. The Labute approximate surface area is 202 Å². The van der Waals surface area contributed by atoms with Crippen molar-refractivity contribution < 1.29 is 46.1 Å². The molecular formula is C22H37F6N3O4. The van der Waals surface area contributed by atoms with E-state index in [4.69, 9.17) is 19.8 Å². The van der Waals surface area contributed by atoms with E-state index >= 15 is 0 Å². The Kier molecular flexibility index (Phi) is 13.3. The summed E-state index contributed by atoms with van der Waals surface area (Å²) in [7, 11) is 0. The lowest BCUT2D eigenvalue weighted by atomic mass is 9.93. The number of carboxylic acid groups (broad SMARTS) is 2. The highest BCUT2D eigenvalue weighted by molar-refractivity contribution is 5.73. The van der Waals surface area contributed by atoms with E-state index in [2.05, 4.69) is 21.6 Å². The second kappa shape index (κ2) is 14.8. The standard InChI is InChI=1S/C18H35N3.2C2HF3O2/c1-2-10-19-11-8-18(9-12-19)21-15-13-20(14-16-21)17-6-4-3-5-7-17;2*3-2(4,5)1(6)7/h17-18H,2-16H2,1H3;2*(H,6,7). The molecule has 2 heterocycles. The van der Waals surface area contributed by atoms with Gasteiger partial charge < -0.3 is 15.1 Å². The number of likely N-dealkylation sites (tertiary alicyclic amines) is 1. The number of hydrogen-bond donors (Lipinski definition) is 2. The second-order valence-electron chi connectivity index (χ2n) is 9.04. The van der Waals surface area contributed by atoms with Gasteiger partial charge in [0.15, 0.2) is 0 Å². The number of piperazine rings is 1. The summed E-state index contributed by atoms with van der Waals surface area (Å²) >= 11 is 0. The first kappa shape index (κ1) is 31.4. The van der Waals surface area contributed by atoms with E-state index in [0.29, 0.717) is 0 Å². The highest BCUT2D eigenvalue weighted by Crippen LogP contribution is 2.25. The van der Waals surface area contributed by atoms with Gasteiger partial charge in [-0.25, -0.2) is 9.59 Å². The molecule has 7 nitrogen and oxygen atoms in total. The number of alkyl halides is 6. The fourth-order valence-electron chi connectivity index (χ4n) is 4.74. The van der Waals surface area contributed by atoms with Crippen molar-refractivity contribution in [3.8, 4) is 0 Å². The van der Waals surface area contributed by atoms with E-state index in [0.717, 1.165) is 12.1 Å². The Morgan fingerprint density at radius 3 is 1.34 bits per heavy atom. The molecule has 0 spiro atoms. The number of hydrogen-bond acceptors (Lipinski definition) is 5. The average Bonchev–Trinajstić information content (AvgIpc) is 2.80. The van der Waals surface area contributed by atoms with Gasteiger partial charge in [-0.2, -0.15) is 26.3 Å². The smallest absolute Gasteiger partial charge is 0.475 e. The predicted molar refractivity (Wildman–Crippen MR) is 117 cm³/mol. The summed E-state index contributed by atoms with van der Waals surface area (Å²) in [6, 6.07) is 1.80. The van der Waals surface area contributed by atoms with Crippen molar-refractivity contribution in [2.24, 2.45) is 0 Å². The van der Waals surface area contributed by atoms with E-state index < -0.39 is 24.3 Å². The highest BCUT2D eigenvalue weighted by atomic mass is 19.4. The first-order valence-electron chi connectivity index (χ1n) is 12.1. The Balaban J connectivity index is 0.000000362. The number of carbonyl (C=O) groups is 2. The summed E-state index contributed by atoms with van der Waals surface area (Å²) in [5, 5.41) is 14.2. The lowest BCUT2D eigenvalue weighted by molar-refractivity contribution is -0.193. The van der Waals surface area contributed by atoms with Crippen LogP contribution < -0.4 is 0 Å². The number of piperidine rings is 1. The molecule has 3 rings (SSSR count). The van der Waals surface area contributed by atoms with E-state index in [1.54, 1.807) is 0 Å². The molecule has 0 aromatic rings. The summed E-state index contributed by atoms with van der Waals surface area (Å²) in [5.41, 5.74) is 0. The maximum Gasteiger partial charge on any atom is 0.490 e. The molecule has 3 fully saturated rings. The molecule has 0 aromatic heterocycles. The third-order valence-electron chi connectivity index (χ3n) is 6.54. The Hall–Kier alpha value is -1.60. The summed E-state index contributed by atoms with van der Waals surface area (Å²) < 4.78 is 63.5. The maximum atomic E-state index is 10.6.